The maximum absolute atomic E-state index is 11.1. The van der Waals surface area contributed by atoms with Crippen molar-refractivity contribution in [3.05, 3.63) is 0 Å². The number of hydrogen-bond acceptors (Lipinski definition) is 18. The molecule has 15 atom stereocenters. The molecule has 2 heterocycles. The minimum absolute atomic E-state index is 0.135. The second kappa shape index (κ2) is 16.3. The van der Waals surface area contributed by atoms with Gasteiger partial charge in [-0.1, -0.05) is 0 Å². The molecule has 0 spiro atoms. The summed E-state index contributed by atoms with van der Waals surface area (Å²) in [5, 5.41) is 65.2. The predicted octanol–water partition coefficient (Wildman–Crippen LogP) is -6.92. The van der Waals surface area contributed by atoms with Crippen molar-refractivity contribution >= 4 is 20.8 Å². The lowest BCUT2D eigenvalue weighted by Gasteiger charge is -2.49. The molecule has 3 aliphatic rings. The van der Waals surface area contributed by atoms with E-state index >= 15 is 0 Å². The third kappa shape index (κ3) is 12.4. The van der Waals surface area contributed by atoms with Crippen molar-refractivity contribution in [2.24, 2.45) is 17.2 Å². The molecular formula is C20H44N4O18S2. The van der Waals surface area contributed by atoms with Crippen LogP contribution in [0.2, 0.25) is 0 Å². The third-order valence-electron chi connectivity index (χ3n) is 6.95. The fourth-order valence-corrected chi connectivity index (χ4v) is 4.95. The van der Waals surface area contributed by atoms with Crippen molar-refractivity contribution < 1.29 is 84.6 Å². The summed E-state index contributed by atoms with van der Waals surface area (Å²) in [6.45, 7) is 2.75. The smallest absolute Gasteiger partial charge is 0.391 e. The minimum Gasteiger partial charge on any atom is -0.391 e. The number of rotatable bonds is 6. The molecular weight excluding hydrogens is 648 g/mol. The van der Waals surface area contributed by atoms with Crippen molar-refractivity contribution in [2.75, 3.05) is 13.7 Å². The van der Waals surface area contributed by atoms with Crippen LogP contribution in [0.15, 0.2) is 0 Å². The van der Waals surface area contributed by atoms with Crippen molar-refractivity contribution in [1.82, 2.24) is 5.32 Å². The van der Waals surface area contributed by atoms with Gasteiger partial charge < -0.3 is 72.1 Å². The van der Waals surface area contributed by atoms with Crippen LogP contribution in [0.3, 0.4) is 0 Å². The van der Waals surface area contributed by atoms with E-state index in [-0.39, 0.29) is 13.0 Å². The third-order valence-corrected chi connectivity index (χ3v) is 6.95. The maximum atomic E-state index is 11.1. The molecule has 24 heteroatoms. The molecule has 264 valence electrons. The van der Waals surface area contributed by atoms with Gasteiger partial charge in [0.05, 0.1) is 24.8 Å². The first-order chi connectivity index (χ1) is 19.8. The summed E-state index contributed by atoms with van der Waals surface area (Å²) in [7, 11) is -7.76. The van der Waals surface area contributed by atoms with Crippen molar-refractivity contribution in [3.63, 3.8) is 0 Å². The molecule has 22 nitrogen and oxygen atoms in total. The molecule has 3 fully saturated rings. The van der Waals surface area contributed by atoms with Crippen molar-refractivity contribution in [1.29, 1.82) is 0 Å². The standard InChI is InChI=1S/C20H40N4O10.2H2O4S/c1-6(25)14-11(27)10(26)9(23)18(32-14)33-15-7(21)4-8(22)16(12(15)28)34-19-13(29)17(24-3)20(2,30)5-31-19;2*1-5(2,3)4/h6-19,24-30H,4-5,21-23H2,1-3H3;2*(H2,1,2,3,4)/t6-,7-,8-,9+,10-,11+,12+,13-,14+,15-,16-,17+,18-,19-,20+;;/m1../s1. The summed E-state index contributed by atoms with van der Waals surface area (Å²) in [6, 6.07) is -3.47. The molecule has 44 heavy (non-hydrogen) atoms. The largest absolute Gasteiger partial charge is 0.394 e. The van der Waals surface area contributed by atoms with Crippen LogP contribution < -0.4 is 22.5 Å². The van der Waals surface area contributed by atoms with Gasteiger partial charge >= 0.3 is 20.8 Å². The predicted molar refractivity (Wildman–Crippen MR) is 144 cm³/mol. The summed E-state index contributed by atoms with van der Waals surface area (Å²) in [6.07, 6.45) is -12.4. The summed E-state index contributed by atoms with van der Waals surface area (Å²) < 4.78 is 85.9. The lowest BCUT2D eigenvalue weighted by molar-refractivity contribution is -0.319. The monoisotopic (exact) mass is 692 g/mol. The Morgan fingerprint density at radius 1 is 0.841 bits per heavy atom. The summed E-state index contributed by atoms with van der Waals surface area (Å²) >= 11 is 0. The van der Waals surface area contributed by atoms with Gasteiger partial charge in [-0.25, -0.2) is 0 Å². The van der Waals surface area contributed by atoms with Crippen LogP contribution in [-0.2, 0) is 39.7 Å². The van der Waals surface area contributed by atoms with Crippen LogP contribution in [-0.4, -0.2) is 171 Å². The molecule has 0 unspecified atom stereocenters. The molecule has 0 aromatic rings. The van der Waals surface area contributed by atoms with Gasteiger partial charge in [-0.2, -0.15) is 16.8 Å². The van der Waals surface area contributed by atoms with E-state index in [0.29, 0.717) is 0 Å². The first-order valence-corrected chi connectivity index (χ1v) is 15.6. The molecule has 0 radical (unpaired) electrons. The second-order valence-electron chi connectivity index (χ2n) is 10.7. The molecule has 0 amide bonds. The molecule has 3 rings (SSSR count). The Balaban J connectivity index is 0.000000837. The first-order valence-electron chi connectivity index (χ1n) is 12.8. The highest BCUT2D eigenvalue weighted by molar-refractivity contribution is 7.80. The summed E-state index contributed by atoms with van der Waals surface area (Å²) in [4.78, 5) is 0. The number of aliphatic hydroxyl groups is 6. The Hall–Kier alpha value is -0.820. The number of ether oxygens (including phenoxy) is 4. The van der Waals surface area contributed by atoms with Gasteiger partial charge in [-0.15, -0.1) is 0 Å². The van der Waals surface area contributed by atoms with Gasteiger partial charge in [0.2, 0.25) is 0 Å². The first kappa shape index (κ1) is 41.2. The lowest BCUT2D eigenvalue weighted by atomic mass is 9.84. The van der Waals surface area contributed by atoms with Crippen molar-refractivity contribution in [2.45, 2.75) is 111 Å². The molecule has 2 aliphatic heterocycles. The van der Waals surface area contributed by atoms with Crippen LogP contribution in [0, 0.1) is 0 Å². The van der Waals surface area contributed by atoms with Gasteiger partial charge in [-0.05, 0) is 27.3 Å². The SMILES string of the molecule is CN[C@H]1[C@@H](O)[C@@H](O[C@H]2[C@@H](O)[C@H](O[C@H]3O[C@@H]([C@@H](C)O)[C@@H](O)[C@H](O)[C@@H]3N)[C@H](N)C[C@H]2N)OC[C@]1(C)O.O=S(=O)(O)O.O=S(=O)(O)O. The topological polar surface area (TPSA) is 398 Å². The lowest BCUT2D eigenvalue weighted by Crippen LogP contribution is -2.69. The zero-order valence-electron chi connectivity index (χ0n) is 23.8. The second-order valence-corrected chi connectivity index (χ2v) is 12.5. The molecule has 1 aliphatic carbocycles. The van der Waals surface area contributed by atoms with Gasteiger partial charge in [-0.3, -0.25) is 18.2 Å². The Kier molecular flexibility index (Phi) is 15.3. The van der Waals surface area contributed by atoms with E-state index in [1.165, 1.54) is 13.8 Å². The van der Waals surface area contributed by atoms with Gasteiger partial charge in [0.15, 0.2) is 12.6 Å². The molecule has 2 saturated heterocycles. The summed E-state index contributed by atoms with van der Waals surface area (Å²) in [5.41, 5.74) is 17.0. The average molecular weight is 693 g/mol. The van der Waals surface area contributed by atoms with Crippen LogP contribution >= 0.6 is 0 Å². The number of aliphatic hydroxyl groups excluding tert-OH is 5. The van der Waals surface area contributed by atoms with Gasteiger partial charge in [0, 0.05) is 12.1 Å². The maximum Gasteiger partial charge on any atom is 0.394 e. The van der Waals surface area contributed by atoms with E-state index in [1.54, 1.807) is 7.05 Å². The minimum atomic E-state index is -4.67. The van der Waals surface area contributed by atoms with E-state index in [2.05, 4.69) is 5.32 Å². The Morgan fingerprint density at radius 3 is 1.68 bits per heavy atom. The van der Waals surface area contributed by atoms with E-state index in [1.807, 2.05) is 0 Å². The Labute approximate surface area is 253 Å². The van der Waals surface area contributed by atoms with Gasteiger partial charge in [0.25, 0.3) is 0 Å². The Morgan fingerprint density at radius 2 is 1.27 bits per heavy atom. The van der Waals surface area contributed by atoms with E-state index in [0.717, 1.165) is 0 Å². The molecule has 0 aromatic heterocycles. The molecule has 0 bridgehead atoms. The number of likely N-dealkylation sites (N-methyl/N-ethyl adjacent to an activating group) is 1. The highest BCUT2D eigenvalue weighted by Crippen LogP contribution is 2.32. The van der Waals surface area contributed by atoms with Gasteiger partial charge in [0.1, 0.15) is 48.3 Å². The van der Waals surface area contributed by atoms with Crippen LogP contribution in [0.5, 0.6) is 0 Å². The Bertz CT molecular complexity index is 1050. The zero-order valence-corrected chi connectivity index (χ0v) is 25.4. The van der Waals surface area contributed by atoms with E-state index in [4.69, 9.17) is 71.2 Å². The van der Waals surface area contributed by atoms with Crippen molar-refractivity contribution in [3.8, 4) is 0 Å². The molecule has 0 aromatic carbocycles. The van der Waals surface area contributed by atoms with E-state index < -0.39 is 112 Å². The average Bonchev–Trinajstić information content (AvgIpc) is 2.83. The molecule has 1 saturated carbocycles. The number of nitrogens with one attached hydrogen (secondary N) is 1. The zero-order chi connectivity index (χ0) is 34.5. The fourth-order valence-electron chi connectivity index (χ4n) is 4.95. The normalized spacial score (nSPS) is 44.0. The highest BCUT2D eigenvalue weighted by Gasteiger charge is 2.52. The molecule has 17 N–H and O–H groups in total. The van der Waals surface area contributed by atoms with Crippen LogP contribution in [0.1, 0.15) is 20.3 Å². The highest BCUT2D eigenvalue weighted by atomic mass is 32.3. The van der Waals surface area contributed by atoms with E-state index in [9.17, 15) is 30.6 Å². The number of nitrogens with two attached hydrogens (primary N) is 3. The van der Waals surface area contributed by atoms with Crippen LogP contribution in [0.4, 0.5) is 0 Å². The van der Waals surface area contributed by atoms with Crippen LogP contribution in [0.25, 0.3) is 0 Å². The fraction of sp³-hybridized carbons (Fsp3) is 1.00. The summed E-state index contributed by atoms with van der Waals surface area (Å²) in [5.74, 6) is 0. The number of hydrogen-bond donors (Lipinski definition) is 14. The quantitative estimate of drug-likeness (QED) is 0.115.